The average molecular weight is 399 g/mol. The summed E-state index contributed by atoms with van der Waals surface area (Å²) in [6, 6.07) is 7.89. The lowest BCUT2D eigenvalue weighted by atomic mass is 10.0. The molecule has 2 amide bonds. The highest BCUT2D eigenvalue weighted by Gasteiger charge is 2.26. The van der Waals surface area contributed by atoms with E-state index < -0.39 is 0 Å². The van der Waals surface area contributed by atoms with Gasteiger partial charge < -0.3 is 15.0 Å². The van der Waals surface area contributed by atoms with Crippen LogP contribution >= 0.6 is 0 Å². The molecule has 1 aromatic carbocycles. The molecule has 2 heterocycles. The van der Waals surface area contributed by atoms with Crippen molar-refractivity contribution in [2.45, 2.75) is 51.6 Å². The third-order valence-corrected chi connectivity index (χ3v) is 5.05. The number of ether oxygens (including phenoxy) is 1. The van der Waals surface area contributed by atoms with Gasteiger partial charge in [-0.05, 0) is 50.8 Å². The molecule has 1 saturated heterocycles. The van der Waals surface area contributed by atoms with E-state index >= 15 is 0 Å². The minimum atomic E-state index is -0.228. The monoisotopic (exact) mass is 399 g/mol. The first-order valence-electron chi connectivity index (χ1n) is 10.1. The summed E-state index contributed by atoms with van der Waals surface area (Å²) < 4.78 is 6.96. The molecule has 0 unspecified atom stereocenters. The van der Waals surface area contributed by atoms with E-state index in [2.05, 4.69) is 15.6 Å². The maximum absolute atomic E-state index is 12.7. The SMILES string of the molecule is COc1cccc(CCC(=O)N2CCC[C@@H](n3cc(C(=O)NC(C)C)nn3)C2)c1. The van der Waals surface area contributed by atoms with Crippen molar-refractivity contribution in [2.24, 2.45) is 0 Å². The van der Waals surface area contributed by atoms with Gasteiger partial charge in [-0.1, -0.05) is 17.3 Å². The molecular formula is C21H29N5O3. The Bertz CT molecular complexity index is 848. The average Bonchev–Trinajstić information content (AvgIpc) is 3.22. The first-order chi connectivity index (χ1) is 14.0. The summed E-state index contributed by atoms with van der Waals surface area (Å²) in [5.74, 6) is 0.708. The van der Waals surface area contributed by atoms with Gasteiger partial charge in [-0.2, -0.15) is 0 Å². The van der Waals surface area contributed by atoms with Crippen molar-refractivity contribution in [2.75, 3.05) is 20.2 Å². The first-order valence-corrected chi connectivity index (χ1v) is 10.1. The third-order valence-electron chi connectivity index (χ3n) is 5.05. The molecule has 0 spiro atoms. The maximum Gasteiger partial charge on any atom is 0.273 e. The number of methoxy groups -OCH3 is 1. The van der Waals surface area contributed by atoms with Crippen LogP contribution < -0.4 is 10.1 Å². The van der Waals surface area contributed by atoms with Crippen molar-refractivity contribution in [3.8, 4) is 5.75 Å². The highest BCUT2D eigenvalue weighted by Crippen LogP contribution is 2.22. The molecule has 1 aliphatic heterocycles. The van der Waals surface area contributed by atoms with Crippen LogP contribution in [0.25, 0.3) is 0 Å². The van der Waals surface area contributed by atoms with E-state index in [0.29, 0.717) is 25.1 Å². The van der Waals surface area contributed by atoms with E-state index in [1.54, 1.807) is 18.0 Å². The number of hydrogen-bond acceptors (Lipinski definition) is 5. The maximum atomic E-state index is 12.7. The Balaban J connectivity index is 1.56. The number of rotatable bonds is 7. The lowest BCUT2D eigenvalue weighted by molar-refractivity contribution is -0.132. The molecule has 2 aromatic rings. The van der Waals surface area contributed by atoms with Gasteiger partial charge in [0, 0.05) is 25.6 Å². The second kappa shape index (κ2) is 9.54. The highest BCUT2D eigenvalue weighted by molar-refractivity contribution is 5.92. The molecule has 1 N–H and O–H groups in total. The highest BCUT2D eigenvalue weighted by atomic mass is 16.5. The van der Waals surface area contributed by atoms with Gasteiger partial charge in [-0.25, -0.2) is 4.68 Å². The molecule has 156 valence electrons. The Morgan fingerprint density at radius 3 is 2.93 bits per heavy atom. The van der Waals surface area contributed by atoms with Gasteiger partial charge in [-0.3, -0.25) is 9.59 Å². The van der Waals surface area contributed by atoms with Crippen molar-refractivity contribution < 1.29 is 14.3 Å². The van der Waals surface area contributed by atoms with Crippen molar-refractivity contribution >= 4 is 11.8 Å². The van der Waals surface area contributed by atoms with Crippen LogP contribution in [0.2, 0.25) is 0 Å². The van der Waals surface area contributed by atoms with Crippen LogP contribution in [0.1, 0.15) is 55.2 Å². The summed E-state index contributed by atoms with van der Waals surface area (Å²) in [5, 5.41) is 10.9. The fourth-order valence-corrected chi connectivity index (χ4v) is 3.53. The lowest BCUT2D eigenvalue weighted by Crippen LogP contribution is -2.41. The molecule has 0 saturated carbocycles. The van der Waals surface area contributed by atoms with E-state index in [4.69, 9.17) is 4.74 Å². The van der Waals surface area contributed by atoms with Gasteiger partial charge in [0.25, 0.3) is 5.91 Å². The quantitative estimate of drug-likeness (QED) is 0.771. The van der Waals surface area contributed by atoms with Crippen LogP contribution in [0.3, 0.4) is 0 Å². The van der Waals surface area contributed by atoms with Crippen LogP contribution in [0.4, 0.5) is 0 Å². The second-order valence-corrected chi connectivity index (χ2v) is 7.70. The Morgan fingerprint density at radius 2 is 2.17 bits per heavy atom. The zero-order chi connectivity index (χ0) is 20.8. The zero-order valence-corrected chi connectivity index (χ0v) is 17.3. The number of carbonyl (C=O) groups is 2. The zero-order valence-electron chi connectivity index (χ0n) is 17.3. The fraction of sp³-hybridized carbons (Fsp3) is 0.524. The molecular weight excluding hydrogens is 370 g/mol. The minimum Gasteiger partial charge on any atom is -0.497 e. The van der Waals surface area contributed by atoms with Crippen LogP contribution in [0.5, 0.6) is 5.75 Å². The van der Waals surface area contributed by atoms with Crippen LogP contribution in [0, 0.1) is 0 Å². The summed E-state index contributed by atoms with van der Waals surface area (Å²) in [6.07, 6.45) is 4.63. The molecule has 8 nitrogen and oxygen atoms in total. The van der Waals surface area contributed by atoms with Gasteiger partial charge >= 0.3 is 0 Å². The molecule has 0 bridgehead atoms. The molecule has 0 aliphatic carbocycles. The van der Waals surface area contributed by atoms with Gasteiger partial charge in [0.2, 0.25) is 5.91 Å². The molecule has 29 heavy (non-hydrogen) atoms. The van der Waals surface area contributed by atoms with Gasteiger partial charge in [0.15, 0.2) is 5.69 Å². The predicted octanol–water partition coefficient (Wildman–Crippen LogP) is 2.22. The van der Waals surface area contributed by atoms with Gasteiger partial charge in [0.1, 0.15) is 5.75 Å². The first kappa shape index (κ1) is 20.8. The van der Waals surface area contributed by atoms with E-state index in [-0.39, 0.29) is 23.9 Å². The smallest absolute Gasteiger partial charge is 0.273 e. The molecule has 1 aromatic heterocycles. The Kier molecular flexibility index (Phi) is 6.85. The molecule has 1 atom stereocenters. The summed E-state index contributed by atoms with van der Waals surface area (Å²) in [5.41, 5.74) is 1.39. The van der Waals surface area contributed by atoms with Crippen molar-refractivity contribution in [3.63, 3.8) is 0 Å². The van der Waals surface area contributed by atoms with Gasteiger partial charge in [-0.15, -0.1) is 5.10 Å². The van der Waals surface area contributed by atoms with E-state index in [9.17, 15) is 9.59 Å². The lowest BCUT2D eigenvalue weighted by Gasteiger charge is -2.32. The standard InChI is InChI=1S/C21H29N5O3/c1-15(2)22-21(28)19-14-26(24-23-19)17-7-5-11-25(13-17)20(27)10-9-16-6-4-8-18(12-16)29-3/h4,6,8,12,14-15,17H,5,7,9-11,13H2,1-3H3,(H,22,28)/t17-/m1/s1. The summed E-state index contributed by atoms with van der Waals surface area (Å²) in [6.45, 7) is 5.14. The number of likely N-dealkylation sites (tertiary alicyclic amines) is 1. The van der Waals surface area contributed by atoms with Crippen LogP contribution in [-0.4, -0.2) is 57.9 Å². The number of aromatic nitrogens is 3. The number of piperidine rings is 1. The molecule has 1 fully saturated rings. The molecule has 1 aliphatic rings. The number of benzene rings is 1. The van der Waals surface area contributed by atoms with Gasteiger partial charge in [0.05, 0.1) is 19.3 Å². The summed E-state index contributed by atoms with van der Waals surface area (Å²) >= 11 is 0. The molecule has 8 heteroatoms. The number of carbonyl (C=O) groups excluding carboxylic acids is 2. The third kappa shape index (κ3) is 5.56. The number of hydrogen-bond donors (Lipinski definition) is 1. The van der Waals surface area contributed by atoms with E-state index in [1.165, 1.54) is 0 Å². The molecule has 0 radical (unpaired) electrons. The van der Waals surface area contributed by atoms with E-state index in [0.717, 1.165) is 30.7 Å². The largest absolute Gasteiger partial charge is 0.497 e. The number of amides is 2. The Labute approximate surface area is 171 Å². The summed E-state index contributed by atoms with van der Waals surface area (Å²) in [7, 11) is 1.64. The topological polar surface area (TPSA) is 89.4 Å². The number of nitrogens with zero attached hydrogens (tertiary/aromatic N) is 4. The van der Waals surface area contributed by atoms with E-state index in [1.807, 2.05) is 43.0 Å². The normalized spacial score (nSPS) is 16.7. The Hall–Kier alpha value is -2.90. The van der Waals surface area contributed by atoms with Crippen molar-refractivity contribution in [1.29, 1.82) is 0 Å². The Morgan fingerprint density at radius 1 is 1.34 bits per heavy atom. The number of nitrogens with one attached hydrogen (secondary N) is 1. The van der Waals surface area contributed by atoms with Crippen LogP contribution in [0.15, 0.2) is 30.5 Å². The summed E-state index contributed by atoms with van der Waals surface area (Å²) in [4.78, 5) is 26.7. The predicted molar refractivity (Wildman–Crippen MR) is 109 cm³/mol. The van der Waals surface area contributed by atoms with Crippen LogP contribution in [-0.2, 0) is 11.2 Å². The second-order valence-electron chi connectivity index (χ2n) is 7.70. The van der Waals surface area contributed by atoms with Crippen molar-refractivity contribution in [1.82, 2.24) is 25.2 Å². The van der Waals surface area contributed by atoms with Crippen molar-refractivity contribution in [3.05, 3.63) is 41.7 Å². The minimum absolute atomic E-state index is 0.0395. The number of aryl methyl sites for hydroxylation is 1. The molecule has 3 rings (SSSR count). The fourth-order valence-electron chi connectivity index (χ4n) is 3.53.